The first-order chi connectivity index (χ1) is 11.1. The summed E-state index contributed by atoms with van der Waals surface area (Å²) in [6.07, 6.45) is 0.310. The van der Waals surface area contributed by atoms with E-state index in [0.29, 0.717) is 12.0 Å². The zero-order valence-corrected chi connectivity index (χ0v) is 12.6. The van der Waals surface area contributed by atoms with Crippen molar-refractivity contribution in [2.45, 2.75) is 12.8 Å². The van der Waals surface area contributed by atoms with E-state index in [9.17, 15) is 14.0 Å². The van der Waals surface area contributed by atoms with Crippen LogP contribution in [-0.2, 0) is 17.6 Å². The van der Waals surface area contributed by atoms with Crippen LogP contribution in [0.3, 0.4) is 0 Å². The number of hydrogen-bond donors (Lipinski definition) is 1. The Morgan fingerprint density at radius 3 is 2.74 bits per heavy atom. The van der Waals surface area contributed by atoms with Crippen molar-refractivity contribution >= 4 is 22.9 Å². The van der Waals surface area contributed by atoms with Gasteiger partial charge in [0.1, 0.15) is 5.82 Å². The summed E-state index contributed by atoms with van der Waals surface area (Å²) in [5, 5.41) is 14.2. The number of halogens is 1. The lowest BCUT2D eigenvalue weighted by molar-refractivity contribution is -0.114. The molecule has 8 heteroatoms. The summed E-state index contributed by atoms with van der Waals surface area (Å²) in [7, 11) is 0. The van der Waals surface area contributed by atoms with Crippen molar-refractivity contribution < 1.29 is 14.0 Å². The number of carbonyl (C=O) groups is 2. The lowest BCUT2D eigenvalue weighted by Crippen LogP contribution is -2.18. The molecule has 6 nitrogen and oxygen atoms in total. The van der Waals surface area contributed by atoms with Crippen LogP contribution in [-0.4, -0.2) is 32.2 Å². The summed E-state index contributed by atoms with van der Waals surface area (Å²) in [4.78, 5) is 24.6. The number of aromatic nitrogens is 4. The van der Waals surface area contributed by atoms with E-state index in [1.54, 1.807) is 18.2 Å². The monoisotopic (exact) mass is 330 g/mol. The number of carbonyl (C=O) groups excluding carboxylic acids is 2. The van der Waals surface area contributed by atoms with Gasteiger partial charge in [0, 0.05) is 17.7 Å². The van der Waals surface area contributed by atoms with Crippen LogP contribution >= 0.6 is 11.3 Å². The van der Waals surface area contributed by atoms with E-state index in [4.69, 9.17) is 0 Å². The van der Waals surface area contributed by atoms with E-state index in [1.165, 1.54) is 17.4 Å². The van der Waals surface area contributed by atoms with E-state index in [-0.39, 0.29) is 18.1 Å². The topological polar surface area (TPSA) is 88.6 Å². The van der Waals surface area contributed by atoms with Gasteiger partial charge in [0.2, 0.25) is 11.6 Å². The highest BCUT2D eigenvalue weighted by atomic mass is 32.1. The molecule has 0 unspecified atom stereocenters. The molecule has 0 radical (unpaired) electrons. The van der Waals surface area contributed by atoms with Crippen LogP contribution in [0, 0.1) is 5.82 Å². The number of benzene rings is 1. The number of aromatic amines is 1. The third-order valence-electron chi connectivity index (χ3n) is 3.30. The third-order valence-corrected chi connectivity index (χ3v) is 4.26. The molecule has 3 aromatic rings. The third kappa shape index (κ3) is 3.37. The molecule has 1 N–H and O–H groups in total. The number of tetrazole rings is 1. The van der Waals surface area contributed by atoms with Crippen LogP contribution in [0.15, 0.2) is 35.7 Å². The summed E-state index contributed by atoms with van der Waals surface area (Å²) in [6.45, 7) is 0. The van der Waals surface area contributed by atoms with E-state index in [2.05, 4.69) is 20.6 Å². The Labute approximate surface area is 134 Å². The fourth-order valence-electron chi connectivity index (χ4n) is 2.14. The van der Waals surface area contributed by atoms with Crippen LogP contribution in [0.1, 0.15) is 26.6 Å². The van der Waals surface area contributed by atoms with E-state index in [0.717, 1.165) is 10.4 Å². The van der Waals surface area contributed by atoms with Crippen molar-refractivity contribution in [1.82, 2.24) is 20.6 Å². The predicted molar refractivity (Wildman–Crippen MR) is 80.7 cm³/mol. The molecule has 2 heterocycles. The van der Waals surface area contributed by atoms with Crippen molar-refractivity contribution in [3.63, 3.8) is 0 Å². The van der Waals surface area contributed by atoms with Crippen LogP contribution < -0.4 is 0 Å². The van der Waals surface area contributed by atoms with Gasteiger partial charge in [-0.15, -0.1) is 21.5 Å². The van der Waals surface area contributed by atoms with Gasteiger partial charge >= 0.3 is 0 Å². The smallest absolute Gasteiger partial charge is 0.269 e. The zero-order valence-electron chi connectivity index (χ0n) is 11.8. The van der Waals surface area contributed by atoms with Crippen LogP contribution in [0.4, 0.5) is 4.39 Å². The second kappa shape index (κ2) is 6.57. The number of Topliss-reactive ketones (excluding diaryl/α,β-unsaturated/α-hetero) is 2. The molecule has 0 saturated heterocycles. The molecule has 23 heavy (non-hydrogen) atoms. The largest absolute Gasteiger partial charge is 0.290 e. The number of H-pyrrole nitrogens is 1. The molecule has 0 aliphatic heterocycles. The van der Waals surface area contributed by atoms with Crippen molar-refractivity contribution in [1.29, 1.82) is 0 Å². The predicted octanol–water partition coefficient (Wildman–Crippen LogP) is 1.99. The minimum Gasteiger partial charge on any atom is -0.290 e. The average molecular weight is 330 g/mol. The van der Waals surface area contributed by atoms with Gasteiger partial charge in [-0.1, -0.05) is 18.2 Å². The molecule has 0 aliphatic rings. The van der Waals surface area contributed by atoms with Gasteiger partial charge < -0.3 is 0 Å². The lowest BCUT2D eigenvalue weighted by Gasteiger charge is -2.04. The summed E-state index contributed by atoms with van der Waals surface area (Å²) in [5.41, 5.74) is 1.37. The number of nitrogens with one attached hydrogen (secondary N) is 1. The first kappa shape index (κ1) is 15.2. The van der Waals surface area contributed by atoms with Gasteiger partial charge in [0.25, 0.3) is 5.78 Å². The molecule has 0 amide bonds. The molecule has 0 aliphatic carbocycles. The molecule has 2 aromatic heterocycles. The number of hydrogen-bond acceptors (Lipinski definition) is 6. The highest BCUT2D eigenvalue weighted by molar-refractivity contribution is 7.10. The molecule has 0 bridgehead atoms. The number of ketones is 2. The van der Waals surface area contributed by atoms with Crippen molar-refractivity contribution in [3.8, 4) is 0 Å². The normalized spacial score (nSPS) is 10.7. The van der Waals surface area contributed by atoms with Crippen molar-refractivity contribution in [2.24, 2.45) is 0 Å². The SMILES string of the molecule is O=C(Cc1sccc1Cc1ccccc1F)C(=O)c1nn[nH]n1. The maximum atomic E-state index is 13.7. The highest BCUT2D eigenvalue weighted by Gasteiger charge is 2.22. The minimum absolute atomic E-state index is 0.0607. The molecule has 0 saturated carbocycles. The molecular formula is C15H11FN4O2S. The highest BCUT2D eigenvalue weighted by Crippen LogP contribution is 2.22. The quantitative estimate of drug-likeness (QED) is 0.551. The van der Waals surface area contributed by atoms with E-state index in [1.807, 2.05) is 11.4 Å². The standard InChI is InChI=1S/C15H11FN4O2S/c16-11-4-2-1-3-9(11)7-10-5-6-23-13(10)8-12(21)14(22)15-17-19-20-18-15/h1-6H,7-8H2,(H,17,18,19,20). The molecule has 0 spiro atoms. The Morgan fingerprint density at radius 2 is 2.00 bits per heavy atom. The Balaban J connectivity index is 1.75. The van der Waals surface area contributed by atoms with Gasteiger partial charge in [0.05, 0.1) is 0 Å². The average Bonchev–Trinajstić information content (AvgIpc) is 3.21. The maximum absolute atomic E-state index is 13.7. The van der Waals surface area contributed by atoms with E-state index >= 15 is 0 Å². The molecular weight excluding hydrogens is 319 g/mol. The van der Waals surface area contributed by atoms with Crippen LogP contribution in [0.25, 0.3) is 0 Å². The van der Waals surface area contributed by atoms with Crippen molar-refractivity contribution in [2.75, 3.05) is 0 Å². The number of nitrogens with zero attached hydrogens (tertiary/aromatic N) is 3. The fraction of sp³-hybridized carbons (Fsp3) is 0.133. The Kier molecular flexibility index (Phi) is 4.33. The van der Waals surface area contributed by atoms with Gasteiger partial charge in [-0.25, -0.2) is 4.39 Å². The van der Waals surface area contributed by atoms with Gasteiger partial charge in [-0.05, 0) is 33.9 Å². The van der Waals surface area contributed by atoms with Gasteiger partial charge in [0.15, 0.2) is 0 Å². The Bertz CT molecular complexity index is 845. The van der Waals surface area contributed by atoms with Crippen LogP contribution in [0.5, 0.6) is 0 Å². The molecule has 3 rings (SSSR count). The molecule has 0 fully saturated rings. The molecule has 0 atom stereocenters. The Hall–Kier alpha value is -2.74. The number of thiophene rings is 1. The van der Waals surface area contributed by atoms with Gasteiger partial charge in [-0.2, -0.15) is 5.21 Å². The maximum Gasteiger partial charge on any atom is 0.269 e. The van der Waals surface area contributed by atoms with Crippen LogP contribution in [0.2, 0.25) is 0 Å². The number of rotatable bonds is 6. The first-order valence-electron chi connectivity index (χ1n) is 6.75. The first-order valence-corrected chi connectivity index (χ1v) is 7.62. The fourth-order valence-corrected chi connectivity index (χ4v) is 3.04. The minimum atomic E-state index is -0.788. The molecule has 1 aromatic carbocycles. The van der Waals surface area contributed by atoms with E-state index < -0.39 is 11.6 Å². The second-order valence-corrected chi connectivity index (χ2v) is 5.80. The summed E-state index contributed by atoms with van der Waals surface area (Å²) < 4.78 is 13.7. The second-order valence-electron chi connectivity index (χ2n) is 4.80. The Morgan fingerprint density at radius 1 is 1.17 bits per heavy atom. The molecule has 116 valence electrons. The van der Waals surface area contributed by atoms with Crippen molar-refractivity contribution in [3.05, 3.63) is 63.4 Å². The van der Waals surface area contributed by atoms with Gasteiger partial charge in [-0.3, -0.25) is 9.59 Å². The summed E-state index contributed by atoms with van der Waals surface area (Å²) in [5.74, 6) is -1.95. The summed E-state index contributed by atoms with van der Waals surface area (Å²) in [6, 6.07) is 8.31. The summed E-state index contributed by atoms with van der Waals surface area (Å²) >= 11 is 1.36. The zero-order chi connectivity index (χ0) is 16.2. The lowest BCUT2D eigenvalue weighted by atomic mass is 10.0.